The summed E-state index contributed by atoms with van der Waals surface area (Å²) in [5.74, 6) is 1.31. The van der Waals surface area contributed by atoms with E-state index in [1.807, 2.05) is 48.5 Å². The molecule has 0 radical (unpaired) electrons. The fraction of sp³-hybridized carbons (Fsp3) is 0.0476. The first-order chi connectivity index (χ1) is 13.6. The number of ether oxygens (including phenoxy) is 1. The summed E-state index contributed by atoms with van der Waals surface area (Å²) < 4.78 is 5.23. The monoisotopic (exact) mass is 392 g/mol. The molecule has 0 aliphatic rings. The van der Waals surface area contributed by atoms with E-state index in [1.165, 1.54) is 7.11 Å². The van der Waals surface area contributed by atoms with Crippen molar-refractivity contribution in [3.8, 4) is 17.1 Å². The molecule has 4 aromatic rings. The fourth-order valence-corrected chi connectivity index (χ4v) is 3.04. The molecule has 4 rings (SSSR count). The van der Waals surface area contributed by atoms with Crippen LogP contribution in [0.1, 0.15) is 0 Å². The lowest BCUT2D eigenvalue weighted by Crippen LogP contribution is -2.19. The Labute approximate surface area is 166 Å². The van der Waals surface area contributed by atoms with E-state index in [1.54, 1.807) is 18.2 Å². The van der Waals surface area contributed by atoms with Gasteiger partial charge in [-0.05, 0) is 54.6 Å². The molecular weight excluding hydrogens is 376 g/mol. The highest BCUT2D eigenvalue weighted by atomic mass is 35.5. The minimum Gasteiger partial charge on any atom is -0.495 e. The summed E-state index contributed by atoms with van der Waals surface area (Å²) in [4.78, 5) is 20.2. The smallest absolute Gasteiger partial charge is 0.323 e. The molecule has 3 N–H and O–H groups in total. The van der Waals surface area contributed by atoms with E-state index >= 15 is 0 Å². The van der Waals surface area contributed by atoms with Crippen LogP contribution < -0.4 is 15.4 Å². The number of nitrogens with one attached hydrogen (secondary N) is 3. The van der Waals surface area contributed by atoms with Crippen LogP contribution in [0, 0.1) is 0 Å². The van der Waals surface area contributed by atoms with Crippen LogP contribution in [0.15, 0.2) is 66.7 Å². The number of hydrogen-bond donors (Lipinski definition) is 3. The number of benzene rings is 3. The standard InChI is InChI=1S/C21H17ClN4O2/c1-28-19-11-8-14(22)12-18(19)26-21(27)23-15-9-6-13(7-10-15)20-24-16-4-2-3-5-17(16)25-20/h2-12H,1H3,(H,24,25)(H2,23,26,27). The van der Waals surface area contributed by atoms with Gasteiger partial charge >= 0.3 is 6.03 Å². The van der Waals surface area contributed by atoms with E-state index in [9.17, 15) is 4.79 Å². The molecule has 28 heavy (non-hydrogen) atoms. The molecule has 140 valence electrons. The summed E-state index contributed by atoms with van der Waals surface area (Å²) in [5.41, 5.74) is 3.97. The molecule has 0 bridgehead atoms. The van der Waals surface area contributed by atoms with Crippen molar-refractivity contribution in [1.29, 1.82) is 0 Å². The number of urea groups is 1. The van der Waals surface area contributed by atoms with Crippen molar-refractivity contribution < 1.29 is 9.53 Å². The number of halogens is 1. The van der Waals surface area contributed by atoms with Gasteiger partial charge in [-0.1, -0.05) is 23.7 Å². The lowest BCUT2D eigenvalue weighted by Gasteiger charge is -2.11. The van der Waals surface area contributed by atoms with Gasteiger partial charge in [-0.3, -0.25) is 0 Å². The number of carbonyl (C=O) groups is 1. The summed E-state index contributed by atoms with van der Waals surface area (Å²) in [6.07, 6.45) is 0. The molecule has 0 spiro atoms. The number of carbonyl (C=O) groups excluding carboxylic acids is 1. The number of nitrogens with zero attached hydrogens (tertiary/aromatic N) is 1. The van der Waals surface area contributed by atoms with Crippen molar-refractivity contribution in [3.05, 3.63) is 71.8 Å². The van der Waals surface area contributed by atoms with Gasteiger partial charge in [0.15, 0.2) is 0 Å². The summed E-state index contributed by atoms with van der Waals surface area (Å²) in [7, 11) is 1.53. The number of fused-ring (bicyclic) bond motifs is 1. The highest BCUT2D eigenvalue weighted by Crippen LogP contribution is 2.28. The first kappa shape index (κ1) is 17.9. The average Bonchev–Trinajstić information content (AvgIpc) is 3.13. The SMILES string of the molecule is COc1ccc(Cl)cc1NC(=O)Nc1ccc(-c2nc3ccccc3[nH]2)cc1. The number of aromatic nitrogens is 2. The number of amides is 2. The van der Waals surface area contributed by atoms with Gasteiger partial charge in [0.05, 0.1) is 23.8 Å². The number of hydrogen-bond acceptors (Lipinski definition) is 3. The van der Waals surface area contributed by atoms with Gasteiger partial charge in [-0.15, -0.1) is 0 Å². The third-order valence-corrected chi connectivity index (χ3v) is 4.45. The highest BCUT2D eigenvalue weighted by Gasteiger charge is 2.09. The Morgan fingerprint density at radius 2 is 1.82 bits per heavy atom. The molecule has 0 fully saturated rings. The molecule has 0 saturated heterocycles. The Morgan fingerprint density at radius 3 is 2.57 bits per heavy atom. The Hall–Kier alpha value is -3.51. The maximum atomic E-state index is 12.3. The van der Waals surface area contributed by atoms with Crippen LogP contribution in [0.4, 0.5) is 16.2 Å². The Balaban J connectivity index is 1.47. The Kier molecular flexibility index (Phi) is 4.87. The van der Waals surface area contributed by atoms with Crippen molar-refractivity contribution in [3.63, 3.8) is 0 Å². The van der Waals surface area contributed by atoms with Crippen LogP contribution in [-0.4, -0.2) is 23.1 Å². The molecule has 0 unspecified atom stereocenters. The number of imidazole rings is 1. The molecule has 1 aromatic heterocycles. The quantitative estimate of drug-likeness (QED) is 0.427. The van der Waals surface area contributed by atoms with E-state index in [0.717, 1.165) is 22.4 Å². The third-order valence-electron chi connectivity index (χ3n) is 4.22. The van der Waals surface area contributed by atoms with Gasteiger partial charge in [-0.2, -0.15) is 0 Å². The lowest BCUT2D eigenvalue weighted by molar-refractivity contribution is 0.262. The molecule has 2 amide bonds. The van der Waals surface area contributed by atoms with Crippen molar-refractivity contribution >= 4 is 40.0 Å². The molecular formula is C21H17ClN4O2. The zero-order valence-electron chi connectivity index (χ0n) is 15.0. The maximum Gasteiger partial charge on any atom is 0.323 e. The van der Waals surface area contributed by atoms with E-state index in [4.69, 9.17) is 16.3 Å². The largest absolute Gasteiger partial charge is 0.495 e. The number of methoxy groups -OCH3 is 1. The zero-order chi connectivity index (χ0) is 19.5. The molecule has 6 nitrogen and oxygen atoms in total. The summed E-state index contributed by atoms with van der Waals surface area (Å²) in [5, 5.41) is 6.03. The molecule has 3 aromatic carbocycles. The first-order valence-electron chi connectivity index (χ1n) is 8.59. The van der Waals surface area contributed by atoms with E-state index in [0.29, 0.717) is 22.1 Å². The predicted octanol–water partition coefficient (Wildman–Crippen LogP) is 5.54. The molecule has 0 saturated carbocycles. The van der Waals surface area contributed by atoms with Crippen LogP contribution in [0.3, 0.4) is 0 Å². The molecule has 1 heterocycles. The van der Waals surface area contributed by atoms with Crippen LogP contribution in [0.25, 0.3) is 22.4 Å². The number of aromatic amines is 1. The minimum atomic E-state index is -0.392. The van der Waals surface area contributed by atoms with Crippen LogP contribution >= 0.6 is 11.6 Å². The van der Waals surface area contributed by atoms with Gasteiger partial charge in [0.25, 0.3) is 0 Å². The van der Waals surface area contributed by atoms with Crippen molar-refractivity contribution in [2.75, 3.05) is 17.7 Å². The number of anilines is 2. The van der Waals surface area contributed by atoms with E-state index in [-0.39, 0.29) is 0 Å². The van der Waals surface area contributed by atoms with Gasteiger partial charge in [0, 0.05) is 16.3 Å². The van der Waals surface area contributed by atoms with Gasteiger partial charge in [0.1, 0.15) is 11.6 Å². The van der Waals surface area contributed by atoms with Crippen LogP contribution in [0.5, 0.6) is 5.75 Å². The molecule has 0 aliphatic carbocycles. The Morgan fingerprint density at radius 1 is 1.04 bits per heavy atom. The first-order valence-corrected chi connectivity index (χ1v) is 8.97. The van der Waals surface area contributed by atoms with E-state index in [2.05, 4.69) is 20.6 Å². The van der Waals surface area contributed by atoms with Gasteiger partial charge < -0.3 is 20.4 Å². The van der Waals surface area contributed by atoms with Crippen LogP contribution in [0.2, 0.25) is 5.02 Å². The van der Waals surface area contributed by atoms with Gasteiger partial charge in [-0.25, -0.2) is 9.78 Å². The summed E-state index contributed by atoms with van der Waals surface area (Å²) >= 11 is 5.99. The average molecular weight is 393 g/mol. The molecule has 0 aliphatic heterocycles. The second kappa shape index (κ2) is 7.62. The maximum absolute atomic E-state index is 12.3. The van der Waals surface area contributed by atoms with Crippen molar-refractivity contribution in [2.24, 2.45) is 0 Å². The summed E-state index contributed by atoms with van der Waals surface area (Å²) in [6, 6.07) is 19.9. The normalized spacial score (nSPS) is 10.6. The van der Waals surface area contributed by atoms with Crippen molar-refractivity contribution in [2.45, 2.75) is 0 Å². The van der Waals surface area contributed by atoms with Crippen molar-refractivity contribution in [1.82, 2.24) is 9.97 Å². The number of para-hydroxylation sites is 2. The number of rotatable bonds is 4. The Bertz CT molecular complexity index is 1110. The predicted molar refractivity (Wildman–Crippen MR) is 112 cm³/mol. The zero-order valence-corrected chi connectivity index (χ0v) is 15.7. The minimum absolute atomic E-state index is 0.392. The third kappa shape index (κ3) is 3.77. The highest BCUT2D eigenvalue weighted by molar-refractivity contribution is 6.31. The molecule has 0 atom stereocenters. The van der Waals surface area contributed by atoms with Gasteiger partial charge in [0.2, 0.25) is 0 Å². The lowest BCUT2D eigenvalue weighted by atomic mass is 10.2. The fourth-order valence-electron chi connectivity index (χ4n) is 2.86. The van der Waals surface area contributed by atoms with E-state index < -0.39 is 6.03 Å². The number of H-pyrrole nitrogens is 1. The second-order valence-electron chi connectivity index (χ2n) is 6.10. The second-order valence-corrected chi connectivity index (χ2v) is 6.54. The topological polar surface area (TPSA) is 79.0 Å². The molecule has 7 heteroatoms. The van der Waals surface area contributed by atoms with Crippen LogP contribution in [-0.2, 0) is 0 Å². The summed E-state index contributed by atoms with van der Waals surface area (Å²) in [6.45, 7) is 0.